The van der Waals surface area contributed by atoms with Crippen molar-refractivity contribution in [3.63, 3.8) is 0 Å². The molecule has 0 aliphatic heterocycles. The molecule has 0 radical (unpaired) electrons. The number of rotatable bonds is 11. The molecule has 0 bridgehead atoms. The summed E-state index contributed by atoms with van der Waals surface area (Å²) >= 11 is 5.89. The van der Waals surface area contributed by atoms with Crippen molar-refractivity contribution in [2.75, 3.05) is 19.7 Å². The number of para-hydroxylation sites is 2. The van der Waals surface area contributed by atoms with Crippen LogP contribution in [0, 0.1) is 11.8 Å². The lowest BCUT2D eigenvalue weighted by Crippen LogP contribution is -2.39. The van der Waals surface area contributed by atoms with E-state index in [2.05, 4.69) is 33.0 Å². The number of hydrogen-bond donors (Lipinski definition) is 1. The molecule has 1 atom stereocenters. The number of amides is 2. The summed E-state index contributed by atoms with van der Waals surface area (Å²) in [6, 6.07) is 14.1. The largest absolute Gasteiger partial charge is 0.484 e. The zero-order valence-corrected chi connectivity index (χ0v) is 21.9. The summed E-state index contributed by atoms with van der Waals surface area (Å²) in [6.45, 7) is 11.7. The Balaban J connectivity index is 1.77. The fourth-order valence-electron chi connectivity index (χ4n) is 4.01. The van der Waals surface area contributed by atoms with Crippen LogP contribution >= 0.6 is 11.6 Å². The third kappa shape index (κ3) is 7.46. The molecule has 2 aromatic carbocycles. The van der Waals surface area contributed by atoms with Gasteiger partial charge < -0.3 is 19.5 Å². The Morgan fingerprint density at radius 3 is 2.26 bits per heavy atom. The highest BCUT2D eigenvalue weighted by Crippen LogP contribution is 2.22. The first-order valence-corrected chi connectivity index (χ1v) is 12.4. The molecule has 0 saturated heterocycles. The van der Waals surface area contributed by atoms with Crippen LogP contribution in [0.3, 0.4) is 0 Å². The quantitative estimate of drug-likeness (QED) is 0.399. The highest BCUT2D eigenvalue weighted by molar-refractivity contribution is 6.30. The number of hydrogen-bond acceptors (Lipinski definition) is 4. The second-order valence-electron chi connectivity index (χ2n) is 9.66. The number of fused-ring (bicyclic) bond motifs is 1. The first kappa shape index (κ1) is 26.5. The molecular weight excluding hydrogens is 464 g/mol. The Morgan fingerprint density at radius 2 is 1.63 bits per heavy atom. The van der Waals surface area contributed by atoms with E-state index in [0.717, 1.165) is 11.0 Å². The molecule has 1 aromatic heterocycles. The highest BCUT2D eigenvalue weighted by atomic mass is 35.5. The second kappa shape index (κ2) is 12.1. The zero-order valence-electron chi connectivity index (χ0n) is 21.1. The van der Waals surface area contributed by atoms with Gasteiger partial charge in [-0.1, -0.05) is 51.4 Å². The lowest BCUT2D eigenvalue weighted by molar-refractivity contribution is -0.132. The topological polar surface area (TPSA) is 76.5 Å². The van der Waals surface area contributed by atoms with Crippen molar-refractivity contribution in [3.05, 3.63) is 59.4 Å². The molecule has 3 aromatic rings. The van der Waals surface area contributed by atoms with Crippen LogP contribution in [0.15, 0.2) is 48.5 Å². The van der Waals surface area contributed by atoms with E-state index < -0.39 is 6.04 Å². The number of aromatic nitrogens is 2. The van der Waals surface area contributed by atoms with Gasteiger partial charge in [-0.25, -0.2) is 4.98 Å². The van der Waals surface area contributed by atoms with Crippen molar-refractivity contribution in [3.8, 4) is 5.75 Å². The van der Waals surface area contributed by atoms with E-state index in [9.17, 15) is 9.59 Å². The van der Waals surface area contributed by atoms with Gasteiger partial charge >= 0.3 is 0 Å². The van der Waals surface area contributed by atoms with Crippen molar-refractivity contribution >= 4 is 34.4 Å². The van der Waals surface area contributed by atoms with Gasteiger partial charge in [0.25, 0.3) is 5.91 Å². The maximum atomic E-state index is 13.4. The van der Waals surface area contributed by atoms with Gasteiger partial charge in [0.1, 0.15) is 18.1 Å². The maximum Gasteiger partial charge on any atom is 0.258 e. The number of imidazole rings is 1. The van der Waals surface area contributed by atoms with Crippen LogP contribution in [-0.2, 0) is 16.1 Å². The molecule has 1 N–H and O–H groups in total. The number of benzene rings is 2. The second-order valence-corrected chi connectivity index (χ2v) is 10.1. The van der Waals surface area contributed by atoms with Gasteiger partial charge in [0.05, 0.1) is 17.1 Å². The van der Waals surface area contributed by atoms with Crippen LogP contribution < -0.4 is 10.1 Å². The number of carbonyl (C=O) groups excluding carboxylic acids is 2. The number of halogens is 1. The Bertz CT molecular complexity index is 1130. The minimum atomic E-state index is -0.417. The SMILES string of the molecule is CC(C)CN(CC(C)C)C(=O)Cn1c(C(C)NC(=O)COc2ccc(Cl)cc2)nc2ccccc21. The normalized spacial score (nSPS) is 12.2. The standard InChI is InChI=1S/C27H35ClN4O3/c1-18(2)14-31(15-19(3)4)26(34)16-32-24-9-7-6-8-23(24)30-27(32)20(5)29-25(33)17-35-22-12-10-21(28)11-13-22/h6-13,18-20H,14-17H2,1-5H3,(H,29,33). The molecule has 0 aliphatic carbocycles. The van der Waals surface area contributed by atoms with E-state index in [1.165, 1.54) is 0 Å². The average molecular weight is 499 g/mol. The molecule has 0 saturated carbocycles. The molecule has 2 amide bonds. The minimum Gasteiger partial charge on any atom is -0.484 e. The van der Waals surface area contributed by atoms with Gasteiger partial charge in [0, 0.05) is 18.1 Å². The van der Waals surface area contributed by atoms with Gasteiger partial charge in [-0.15, -0.1) is 0 Å². The van der Waals surface area contributed by atoms with Crippen LogP contribution in [0.4, 0.5) is 0 Å². The summed E-state index contributed by atoms with van der Waals surface area (Å²) in [6.07, 6.45) is 0. The summed E-state index contributed by atoms with van der Waals surface area (Å²) in [4.78, 5) is 32.6. The van der Waals surface area contributed by atoms with Crippen molar-refractivity contribution in [1.82, 2.24) is 19.8 Å². The lowest BCUT2D eigenvalue weighted by Gasteiger charge is -2.27. The molecule has 1 unspecified atom stereocenters. The van der Waals surface area contributed by atoms with Crippen molar-refractivity contribution in [1.29, 1.82) is 0 Å². The number of nitrogens with zero attached hydrogens (tertiary/aromatic N) is 3. The molecule has 0 fully saturated rings. The molecule has 8 heteroatoms. The van der Waals surface area contributed by atoms with E-state index in [-0.39, 0.29) is 25.0 Å². The maximum absolute atomic E-state index is 13.4. The summed E-state index contributed by atoms with van der Waals surface area (Å²) in [7, 11) is 0. The van der Waals surface area contributed by atoms with Gasteiger partial charge in [-0.3, -0.25) is 9.59 Å². The van der Waals surface area contributed by atoms with Gasteiger partial charge in [-0.05, 0) is 55.2 Å². The van der Waals surface area contributed by atoms with Crippen LogP contribution in [0.5, 0.6) is 5.75 Å². The average Bonchev–Trinajstić information content (AvgIpc) is 3.16. The van der Waals surface area contributed by atoms with Gasteiger partial charge in [0.2, 0.25) is 5.91 Å². The van der Waals surface area contributed by atoms with Crippen molar-refractivity contribution < 1.29 is 14.3 Å². The predicted molar refractivity (Wildman–Crippen MR) is 139 cm³/mol. The number of carbonyl (C=O) groups is 2. The number of ether oxygens (including phenoxy) is 1. The monoisotopic (exact) mass is 498 g/mol. The first-order chi connectivity index (χ1) is 16.6. The summed E-state index contributed by atoms with van der Waals surface area (Å²) < 4.78 is 7.47. The Hall–Kier alpha value is -3.06. The van der Waals surface area contributed by atoms with E-state index in [0.29, 0.717) is 41.5 Å². The van der Waals surface area contributed by atoms with Crippen LogP contribution in [0.2, 0.25) is 5.02 Å². The lowest BCUT2D eigenvalue weighted by atomic mass is 10.1. The highest BCUT2D eigenvalue weighted by Gasteiger charge is 2.23. The van der Waals surface area contributed by atoms with E-state index in [1.807, 2.05) is 40.7 Å². The van der Waals surface area contributed by atoms with E-state index in [4.69, 9.17) is 21.3 Å². The molecule has 7 nitrogen and oxygen atoms in total. The molecular formula is C27H35ClN4O3. The van der Waals surface area contributed by atoms with Crippen LogP contribution in [0.1, 0.15) is 46.5 Å². The fourth-order valence-corrected chi connectivity index (χ4v) is 4.14. The van der Waals surface area contributed by atoms with E-state index in [1.54, 1.807) is 24.3 Å². The molecule has 0 aliphatic rings. The van der Waals surface area contributed by atoms with Crippen LogP contribution in [0.25, 0.3) is 11.0 Å². The summed E-state index contributed by atoms with van der Waals surface area (Å²) in [5.74, 6) is 1.70. The molecule has 188 valence electrons. The van der Waals surface area contributed by atoms with Gasteiger partial charge in [-0.2, -0.15) is 0 Å². The van der Waals surface area contributed by atoms with E-state index >= 15 is 0 Å². The third-order valence-corrected chi connectivity index (χ3v) is 5.70. The smallest absolute Gasteiger partial charge is 0.258 e. The molecule has 1 heterocycles. The molecule has 3 rings (SSSR count). The third-order valence-electron chi connectivity index (χ3n) is 5.45. The minimum absolute atomic E-state index is 0.0430. The van der Waals surface area contributed by atoms with Crippen molar-refractivity contribution in [2.45, 2.75) is 47.2 Å². The first-order valence-electron chi connectivity index (χ1n) is 12.0. The van der Waals surface area contributed by atoms with Gasteiger partial charge in [0.15, 0.2) is 6.61 Å². The molecule has 35 heavy (non-hydrogen) atoms. The Morgan fingerprint density at radius 1 is 1.00 bits per heavy atom. The van der Waals surface area contributed by atoms with Crippen LogP contribution in [-0.4, -0.2) is 46.0 Å². The Labute approximate surface area is 212 Å². The summed E-state index contributed by atoms with van der Waals surface area (Å²) in [5, 5.41) is 3.55. The predicted octanol–water partition coefficient (Wildman–Crippen LogP) is 5.09. The number of nitrogens with one attached hydrogen (secondary N) is 1. The zero-order chi connectivity index (χ0) is 25.5. The Kier molecular flexibility index (Phi) is 9.15. The fraction of sp³-hybridized carbons (Fsp3) is 0.444. The van der Waals surface area contributed by atoms with Crippen molar-refractivity contribution in [2.24, 2.45) is 11.8 Å². The summed E-state index contributed by atoms with van der Waals surface area (Å²) in [5.41, 5.74) is 1.65. The molecule has 0 spiro atoms.